The van der Waals surface area contributed by atoms with Crippen molar-refractivity contribution in [2.24, 2.45) is 0 Å². The van der Waals surface area contributed by atoms with E-state index in [1.54, 1.807) is 0 Å². The lowest BCUT2D eigenvalue weighted by Gasteiger charge is -2.14. The predicted octanol–water partition coefficient (Wildman–Crippen LogP) is 2.25. The average molecular weight is 205 g/mol. The van der Waals surface area contributed by atoms with Crippen molar-refractivity contribution in [2.45, 2.75) is 37.8 Å². The van der Waals surface area contributed by atoms with Crippen LogP contribution in [-0.2, 0) is 0 Å². The van der Waals surface area contributed by atoms with E-state index in [-0.39, 0.29) is 6.10 Å². The molecule has 15 heavy (non-hydrogen) atoms. The molecule has 1 saturated heterocycles. The number of hydrogen-bond donors (Lipinski definition) is 2. The summed E-state index contributed by atoms with van der Waals surface area (Å²) in [4.78, 5) is 0. The number of nitrogens with one attached hydrogen (secondary N) is 1. The SMILES string of the molecule is OC(CC[C@@H]1CCCN1)c1ccccc1. The number of rotatable bonds is 4. The first kappa shape index (κ1) is 10.7. The summed E-state index contributed by atoms with van der Waals surface area (Å²) in [5.74, 6) is 0. The van der Waals surface area contributed by atoms with Crippen LogP contribution in [0.15, 0.2) is 30.3 Å². The van der Waals surface area contributed by atoms with Crippen LogP contribution in [0.25, 0.3) is 0 Å². The number of aliphatic hydroxyl groups is 1. The minimum Gasteiger partial charge on any atom is -0.388 e. The highest BCUT2D eigenvalue weighted by molar-refractivity contribution is 5.17. The average Bonchev–Trinajstić information content (AvgIpc) is 2.80. The molecule has 2 atom stereocenters. The fourth-order valence-electron chi connectivity index (χ4n) is 2.20. The molecular formula is C13H19NO. The number of aliphatic hydroxyl groups excluding tert-OH is 1. The molecule has 1 aliphatic heterocycles. The van der Waals surface area contributed by atoms with E-state index < -0.39 is 0 Å². The first-order chi connectivity index (χ1) is 7.36. The molecule has 1 fully saturated rings. The summed E-state index contributed by atoms with van der Waals surface area (Å²) >= 11 is 0. The Kier molecular flexibility index (Phi) is 3.75. The van der Waals surface area contributed by atoms with Gasteiger partial charge in [0.05, 0.1) is 6.10 Å². The molecular weight excluding hydrogens is 186 g/mol. The van der Waals surface area contributed by atoms with Gasteiger partial charge in [0.1, 0.15) is 0 Å². The van der Waals surface area contributed by atoms with Crippen molar-refractivity contribution in [1.29, 1.82) is 0 Å². The van der Waals surface area contributed by atoms with Gasteiger partial charge < -0.3 is 10.4 Å². The molecule has 2 rings (SSSR count). The van der Waals surface area contributed by atoms with E-state index in [2.05, 4.69) is 5.32 Å². The Hall–Kier alpha value is -0.860. The molecule has 82 valence electrons. The van der Waals surface area contributed by atoms with Crippen molar-refractivity contribution in [3.8, 4) is 0 Å². The lowest BCUT2D eigenvalue weighted by atomic mass is 10.0. The van der Waals surface area contributed by atoms with Gasteiger partial charge in [-0.1, -0.05) is 30.3 Å². The summed E-state index contributed by atoms with van der Waals surface area (Å²) < 4.78 is 0. The lowest BCUT2D eigenvalue weighted by molar-refractivity contribution is 0.160. The Labute approximate surface area is 91.3 Å². The maximum atomic E-state index is 9.95. The van der Waals surface area contributed by atoms with Crippen molar-refractivity contribution in [3.63, 3.8) is 0 Å². The van der Waals surface area contributed by atoms with E-state index in [4.69, 9.17) is 0 Å². The molecule has 1 heterocycles. The van der Waals surface area contributed by atoms with E-state index >= 15 is 0 Å². The van der Waals surface area contributed by atoms with Gasteiger partial charge in [-0.05, 0) is 37.8 Å². The molecule has 1 aromatic carbocycles. The predicted molar refractivity (Wildman–Crippen MR) is 61.7 cm³/mol. The quantitative estimate of drug-likeness (QED) is 0.790. The Morgan fingerprint density at radius 3 is 2.80 bits per heavy atom. The molecule has 0 bridgehead atoms. The summed E-state index contributed by atoms with van der Waals surface area (Å²) in [5.41, 5.74) is 1.04. The van der Waals surface area contributed by atoms with Crippen LogP contribution in [0.3, 0.4) is 0 Å². The Morgan fingerprint density at radius 1 is 1.33 bits per heavy atom. The first-order valence-corrected chi connectivity index (χ1v) is 5.82. The third kappa shape index (κ3) is 3.05. The van der Waals surface area contributed by atoms with Crippen LogP contribution in [-0.4, -0.2) is 17.7 Å². The fraction of sp³-hybridized carbons (Fsp3) is 0.538. The third-order valence-corrected chi connectivity index (χ3v) is 3.14. The second kappa shape index (κ2) is 5.29. The van der Waals surface area contributed by atoms with E-state index in [0.29, 0.717) is 6.04 Å². The molecule has 0 aromatic heterocycles. The van der Waals surface area contributed by atoms with Crippen molar-refractivity contribution < 1.29 is 5.11 Å². The summed E-state index contributed by atoms with van der Waals surface area (Å²) in [5, 5.41) is 13.4. The molecule has 1 aliphatic rings. The van der Waals surface area contributed by atoms with Crippen LogP contribution in [0.4, 0.5) is 0 Å². The highest BCUT2D eigenvalue weighted by Gasteiger charge is 2.16. The maximum absolute atomic E-state index is 9.95. The standard InChI is InChI=1S/C13H19NO/c15-13(11-5-2-1-3-6-11)9-8-12-7-4-10-14-12/h1-3,5-6,12-15H,4,7-10H2/t12-,13?/m0/s1. The van der Waals surface area contributed by atoms with Gasteiger partial charge in [-0.2, -0.15) is 0 Å². The smallest absolute Gasteiger partial charge is 0.0790 e. The van der Waals surface area contributed by atoms with Crippen LogP contribution < -0.4 is 5.32 Å². The van der Waals surface area contributed by atoms with Gasteiger partial charge in [-0.3, -0.25) is 0 Å². The fourth-order valence-corrected chi connectivity index (χ4v) is 2.20. The van der Waals surface area contributed by atoms with Crippen molar-refractivity contribution in [3.05, 3.63) is 35.9 Å². The minimum absolute atomic E-state index is 0.298. The van der Waals surface area contributed by atoms with Crippen molar-refractivity contribution in [2.75, 3.05) is 6.54 Å². The lowest BCUT2D eigenvalue weighted by Crippen LogP contribution is -2.21. The molecule has 2 heteroatoms. The molecule has 0 spiro atoms. The summed E-state index contributed by atoms with van der Waals surface area (Å²) in [6, 6.07) is 10.6. The molecule has 1 aromatic rings. The van der Waals surface area contributed by atoms with Crippen molar-refractivity contribution in [1.82, 2.24) is 5.32 Å². The zero-order chi connectivity index (χ0) is 10.5. The second-order valence-corrected chi connectivity index (χ2v) is 4.30. The van der Waals surface area contributed by atoms with Crippen LogP contribution in [0.2, 0.25) is 0 Å². The largest absolute Gasteiger partial charge is 0.388 e. The zero-order valence-electron chi connectivity index (χ0n) is 9.02. The van der Waals surface area contributed by atoms with E-state index in [1.165, 1.54) is 12.8 Å². The van der Waals surface area contributed by atoms with E-state index in [0.717, 1.165) is 24.9 Å². The maximum Gasteiger partial charge on any atom is 0.0790 e. The number of hydrogen-bond acceptors (Lipinski definition) is 2. The highest BCUT2D eigenvalue weighted by atomic mass is 16.3. The Bertz CT molecular complexity index is 280. The first-order valence-electron chi connectivity index (χ1n) is 5.82. The molecule has 0 aliphatic carbocycles. The van der Waals surface area contributed by atoms with Gasteiger partial charge in [0, 0.05) is 6.04 Å². The Morgan fingerprint density at radius 2 is 2.13 bits per heavy atom. The molecule has 2 N–H and O–H groups in total. The molecule has 0 amide bonds. The van der Waals surface area contributed by atoms with Gasteiger partial charge in [-0.25, -0.2) is 0 Å². The van der Waals surface area contributed by atoms with Crippen LogP contribution >= 0.6 is 0 Å². The topological polar surface area (TPSA) is 32.3 Å². The van der Waals surface area contributed by atoms with Crippen LogP contribution in [0.1, 0.15) is 37.4 Å². The zero-order valence-corrected chi connectivity index (χ0v) is 9.02. The molecule has 2 nitrogen and oxygen atoms in total. The molecule has 0 radical (unpaired) electrons. The Balaban J connectivity index is 1.79. The van der Waals surface area contributed by atoms with E-state index in [9.17, 15) is 5.11 Å². The van der Waals surface area contributed by atoms with Gasteiger partial charge in [-0.15, -0.1) is 0 Å². The monoisotopic (exact) mass is 205 g/mol. The van der Waals surface area contributed by atoms with Gasteiger partial charge in [0.2, 0.25) is 0 Å². The van der Waals surface area contributed by atoms with E-state index in [1.807, 2.05) is 30.3 Å². The molecule has 0 saturated carbocycles. The highest BCUT2D eigenvalue weighted by Crippen LogP contribution is 2.21. The second-order valence-electron chi connectivity index (χ2n) is 4.30. The summed E-state index contributed by atoms with van der Waals surface area (Å²) in [6.45, 7) is 1.14. The van der Waals surface area contributed by atoms with Gasteiger partial charge in [0.15, 0.2) is 0 Å². The van der Waals surface area contributed by atoms with Gasteiger partial charge >= 0.3 is 0 Å². The summed E-state index contributed by atoms with van der Waals surface area (Å²) in [7, 11) is 0. The third-order valence-electron chi connectivity index (χ3n) is 3.14. The normalized spacial score (nSPS) is 22.9. The minimum atomic E-state index is -0.298. The van der Waals surface area contributed by atoms with Crippen molar-refractivity contribution >= 4 is 0 Å². The molecule has 1 unspecified atom stereocenters. The van der Waals surface area contributed by atoms with Crippen LogP contribution in [0.5, 0.6) is 0 Å². The van der Waals surface area contributed by atoms with Gasteiger partial charge in [0.25, 0.3) is 0 Å². The van der Waals surface area contributed by atoms with Crippen LogP contribution in [0, 0.1) is 0 Å². The summed E-state index contributed by atoms with van der Waals surface area (Å²) in [6.07, 6.45) is 4.19. The number of benzene rings is 1.